The lowest BCUT2D eigenvalue weighted by Gasteiger charge is -2.35. The van der Waals surface area contributed by atoms with Crippen molar-refractivity contribution in [1.82, 2.24) is 10.2 Å². The van der Waals surface area contributed by atoms with E-state index in [0.29, 0.717) is 36.7 Å². The highest BCUT2D eigenvalue weighted by Crippen LogP contribution is 2.30. The van der Waals surface area contributed by atoms with Crippen LogP contribution in [-0.2, 0) is 16.7 Å². The highest BCUT2D eigenvalue weighted by Gasteiger charge is 2.30. The molecule has 0 aromatic heterocycles. The number of carbonyl (C=O) groups excluding carboxylic acids is 1. The van der Waals surface area contributed by atoms with Gasteiger partial charge >= 0.3 is 12.2 Å². The van der Waals surface area contributed by atoms with E-state index < -0.39 is 11.7 Å². The molecule has 2 amide bonds. The molecule has 1 saturated heterocycles. The van der Waals surface area contributed by atoms with Crippen LogP contribution in [0.15, 0.2) is 24.3 Å². The fourth-order valence-corrected chi connectivity index (χ4v) is 3.52. The summed E-state index contributed by atoms with van der Waals surface area (Å²) in [6.45, 7) is 5.46. The second-order valence-corrected chi connectivity index (χ2v) is 7.25. The Morgan fingerprint density at radius 1 is 1.32 bits per heavy atom. The van der Waals surface area contributed by atoms with E-state index in [1.807, 2.05) is 13.8 Å². The van der Waals surface area contributed by atoms with Crippen molar-refractivity contribution in [3.05, 3.63) is 35.4 Å². The molecule has 25 heavy (non-hydrogen) atoms. The predicted octanol–water partition coefficient (Wildman–Crippen LogP) is 3.76. The summed E-state index contributed by atoms with van der Waals surface area (Å²) in [6.07, 6.45) is -4.28. The third kappa shape index (κ3) is 6.43. The number of thioether (sulfide) groups is 1. The average Bonchev–Trinajstić information content (AvgIpc) is 2.53. The molecule has 2 rings (SSSR count). The Balaban J connectivity index is 1.69. The fraction of sp³-hybridized carbons (Fsp3) is 0.588. The number of benzene rings is 1. The van der Waals surface area contributed by atoms with Crippen LogP contribution in [0.2, 0.25) is 0 Å². The van der Waals surface area contributed by atoms with Crippen molar-refractivity contribution in [2.45, 2.75) is 38.0 Å². The van der Waals surface area contributed by atoms with Crippen LogP contribution in [0.5, 0.6) is 0 Å². The summed E-state index contributed by atoms with van der Waals surface area (Å²) in [4.78, 5) is 13.8. The summed E-state index contributed by atoms with van der Waals surface area (Å²) in [6, 6.07) is 5.21. The minimum atomic E-state index is -4.32. The van der Waals surface area contributed by atoms with Crippen LogP contribution < -0.4 is 5.32 Å². The second-order valence-electron chi connectivity index (χ2n) is 6.14. The van der Waals surface area contributed by atoms with Crippen LogP contribution >= 0.6 is 11.8 Å². The molecule has 0 spiro atoms. The van der Waals surface area contributed by atoms with Gasteiger partial charge in [-0.05, 0) is 25.5 Å². The van der Waals surface area contributed by atoms with Gasteiger partial charge in [0.05, 0.1) is 17.8 Å². The Kier molecular flexibility index (Phi) is 7.01. The van der Waals surface area contributed by atoms with Crippen LogP contribution in [0.25, 0.3) is 0 Å². The molecule has 0 radical (unpaired) electrons. The van der Waals surface area contributed by atoms with Crippen molar-refractivity contribution in [2.75, 3.05) is 25.4 Å². The predicted molar refractivity (Wildman–Crippen MR) is 92.6 cm³/mol. The molecular formula is C17H23F3N2O2S. The molecule has 0 saturated carbocycles. The van der Waals surface area contributed by atoms with E-state index in [1.165, 1.54) is 23.9 Å². The van der Waals surface area contributed by atoms with Crippen LogP contribution in [0, 0.1) is 0 Å². The molecule has 1 heterocycles. The van der Waals surface area contributed by atoms with E-state index in [9.17, 15) is 18.0 Å². The fourth-order valence-electron chi connectivity index (χ4n) is 2.71. The van der Waals surface area contributed by atoms with Gasteiger partial charge in [-0.1, -0.05) is 18.2 Å². The monoisotopic (exact) mass is 376 g/mol. The summed E-state index contributed by atoms with van der Waals surface area (Å²) >= 11 is 1.49. The summed E-state index contributed by atoms with van der Waals surface area (Å²) in [5.74, 6) is 1.11. The average molecular weight is 376 g/mol. The first kappa shape index (κ1) is 19.9. The van der Waals surface area contributed by atoms with Gasteiger partial charge in [0.25, 0.3) is 0 Å². The van der Waals surface area contributed by atoms with E-state index in [-0.39, 0.29) is 18.2 Å². The third-order valence-corrected chi connectivity index (χ3v) is 4.78. The van der Waals surface area contributed by atoms with Crippen molar-refractivity contribution in [3.63, 3.8) is 0 Å². The maximum atomic E-state index is 12.7. The molecule has 1 aliphatic rings. The van der Waals surface area contributed by atoms with Crippen molar-refractivity contribution in [1.29, 1.82) is 0 Å². The van der Waals surface area contributed by atoms with E-state index in [0.717, 1.165) is 6.07 Å². The zero-order valence-corrected chi connectivity index (χ0v) is 15.1. The molecule has 2 unspecified atom stereocenters. The molecule has 0 aliphatic carbocycles. The molecule has 1 aromatic rings. The first-order chi connectivity index (χ1) is 11.8. The van der Waals surface area contributed by atoms with Gasteiger partial charge in [0.15, 0.2) is 0 Å². The van der Waals surface area contributed by atoms with E-state index in [2.05, 4.69) is 5.32 Å². The topological polar surface area (TPSA) is 41.6 Å². The third-order valence-electron chi connectivity index (χ3n) is 3.75. The Hall–Kier alpha value is -1.41. The first-order valence-corrected chi connectivity index (χ1v) is 9.33. The van der Waals surface area contributed by atoms with Crippen molar-refractivity contribution in [3.8, 4) is 0 Å². The van der Waals surface area contributed by atoms with Crippen molar-refractivity contribution < 1.29 is 22.7 Å². The Bertz CT molecular complexity index is 573. The number of carbonyl (C=O) groups is 1. The van der Waals surface area contributed by atoms with E-state index >= 15 is 0 Å². The van der Waals surface area contributed by atoms with Crippen LogP contribution in [0.3, 0.4) is 0 Å². The number of rotatable bonds is 5. The maximum absolute atomic E-state index is 12.7. The standard InChI is InChI=1S/C17H23F3N2O2S/c1-12-9-22(10-13(2)24-12)16(23)21-6-7-25-11-14-4-3-5-15(8-14)17(18,19)20/h3-5,8,12-13H,6-7,9-11H2,1-2H3,(H,21,23). The van der Waals surface area contributed by atoms with Crippen molar-refractivity contribution >= 4 is 17.8 Å². The molecule has 1 fully saturated rings. The largest absolute Gasteiger partial charge is 0.416 e. The number of amides is 2. The Morgan fingerprint density at radius 2 is 2.00 bits per heavy atom. The Labute approximate surface area is 150 Å². The molecule has 1 aromatic carbocycles. The summed E-state index contributed by atoms with van der Waals surface area (Å²) < 4.78 is 43.6. The summed E-state index contributed by atoms with van der Waals surface area (Å²) in [7, 11) is 0. The number of urea groups is 1. The lowest BCUT2D eigenvalue weighted by atomic mass is 10.1. The first-order valence-electron chi connectivity index (χ1n) is 8.18. The number of nitrogens with zero attached hydrogens (tertiary/aromatic N) is 1. The normalized spacial score (nSPS) is 21.2. The molecule has 140 valence electrons. The number of hydrogen-bond acceptors (Lipinski definition) is 3. The highest BCUT2D eigenvalue weighted by atomic mass is 32.2. The molecule has 4 nitrogen and oxygen atoms in total. The lowest BCUT2D eigenvalue weighted by Crippen LogP contribution is -2.51. The number of nitrogens with one attached hydrogen (secondary N) is 1. The zero-order chi connectivity index (χ0) is 18.4. The van der Waals surface area contributed by atoms with Crippen LogP contribution in [0.1, 0.15) is 25.0 Å². The number of ether oxygens (including phenoxy) is 1. The summed E-state index contributed by atoms with van der Waals surface area (Å²) in [5.41, 5.74) is -0.00330. The smallest absolute Gasteiger partial charge is 0.372 e. The molecular weight excluding hydrogens is 353 g/mol. The molecule has 1 aliphatic heterocycles. The maximum Gasteiger partial charge on any atom is 0.416 e. The van der Waals surface area contributed by atoms with E-state index in [1.54, 1.807) is 11.0 Å². The number of alkyl halides is 3. The molecule has 1 N–H and O–H groups in total. The van der Waals surface area contributed by atoms with Gasteiger partial charge in [-0.25, -0.2) is 4.79 Å². The van der Waals surface area contributed by atoms with Gasteiger partial charge in [0.2, 0.25) is 0 Å². The minimum absolute atomic E-state index is 0.0183. The van der Waals surface area contributed by atoms with Crippen molar-refractivity contribution in [2.24, 2.45) is 0 Å². The minimum Gasteiger partial charge on any atom is -0.372 e. The molecule has 8 heteroatoms. The van der Waals surface area contributed by atoms with Gasteiger partial charge in [-0.15, -0.1) is 0 Å². The quantitative estimate of drug-likeness (QED) is 0.796. The number of morpholine rings is 1. The van der Waals surface area contributed by atoms with Crippen LogP contribution in [0.4, 0.5) is 18.0 Å². The van der Waals surface area contributed by atoms with Crippen LogP contribution in [-0.4, -0.2) is 48.5 Å². The van der Waals surface area contributed by atoms with E-state index in [4.69, 9.17) is 4.74 Å². The second kappa shape index (κ2) is 8.80. The van der Waals surface area contributed by atoms with Gasteiger partial charge in [-0.2, -0.15) is 24.9 Å². The highest BCUT2D eigenvalue weighted by molar-refractivity contribution is 7.98. The number of halogens is 3. The number of hydrogen-bond donors (Lipinski definition) is 1. The van der Waals surface area contributed by atoms with Gasteiger partial charge in [0, 0.05) is 31.1 Å². The SMILES string of the molecule is CC1CN(C(=O)NCCSCc2cccc(C(F)(F)F)c2)CC(C)O1. The summed E-state index contributed by atoms with van der Waals surface area (Å²) in [5, 5.41) is 2.85. The van der Waals surface area contributed by atoms with Gasteiger partial charge in [-0.3, -0.25) is 0 Å². The zero-order valence-electron chi connectivity index (χ0n) is 14.3. The molecule has 0 bridgehead atoms. The molecule has 2 atom stereocenters. The van der Waals surface area contributed by atoms with Gasteiger partial charge in [0.1, 0.15) is 0 Å². The van der Waals surface area contributed by atoms with Gasteiger partial charge < -0.3 is 15.0 Å². The Morgan fingerprint density at radius 3 is 2.64 bits per heavy atom. The lowest BCUT2D eigenvalue weighted by molar-refractivity contribution is -0.137.